The summed E-state index contributed by atoms with van der Waals surface area (Å²) in [6.45, 7) is 1.82. The summed E-state index contributed by atoms with van der Waals surface area (Å²) in [6, 6.07) is 9.17. The van der Waals surface area contributed by atoms with Crippen molar-refractivity contribution in [2.75, 3.05) is 19.5 Å². The standard InChI is InChI=1S/C17H17N3O5S/c1-10-5-4-6-12(15(10)25-3)16(21)19-17(26)18-13-9-11(20(22)23)7-8-14(13)24-2/h4-9H,1-3H3,(H2,18,19,21,26). The van der Waals surface area contributed by atoms with Crippen LogP contribution in [0.4, 0.5) is 11.4 Å². The van der Waals surface area contributed by atoms with Crippen molar-refractivity contribution in [1.29, 1.82) is 0 Å². The molecule has 136 valence electrons. The minimum atomic E-state index is -0.538. The number of hydrogen-bond acceptors (Lipinski definition) is 6. The number of carbonyl (C=O) groups excluding carboxylic acids is 1. The number of aryl methyl sites for hydroxylation is 1. The van der Waals surface area contributed by atoms with Gasteiger partial charge in [0, 0.05) is 12.1 Å². The lowest BCUT2D eigenvalue weighted by molar-refractivity contribution is -0.384. The summed E-state index contributed by atoms with van der Waals surface area (Å²) in [5.74, 6) is 0.327. The maximum absolute atomic E-state index is 12.4. The van der Waals surface area contributed by atoms with Crippen molar-refractivity contribution >= 4 is 34.6 Å². The molecule has 0 bridgehead atoms. The molecule has 1 amide bonds. The Morgan fingerprint density at radius 3 is 2.54 bits per heavy atom. The van der Waals surface area contributed by atoms with Crippen LogP contribution in [0.15, 0.2) is 36.4 Å². The number of benzene rings is 2. The topological polar surface area (TPSA) is 103 Å². The van der Waals surface area contributed by atoms with Gasteiger partial charge in [0.1, 0.15) is 11.5 Å². The molecule has 26 heavy (non-hydrogen) atoms. The van der Waals surface area contributed by atoms with Gasteiger partial charge >= 0.3 is 0 Å². The molecule has 0 radical (unpaired) electrons. The number of thiocarbonyl (C=S) groups is 1. The lowest BCUT2D eigenvalue weighted by atomic mass is 10.1. The number of carbonyl (C=O) groups is 1. The van der Waals surface area contributed by atoms with Crippen LogP contribution < -0.4 is 20.1 Å². The molecule has 0 atom stereocenters. The Kier molecular flexibility index (Phi) is 6.07. The van der Waals surface area contributed by atoms with Crippen LogP contribution in [0.5, 0.6) is 11.5 Å². The van der Waals surface area contributed by atoms with Gasteiger partial charge in [-0.1, -0.05) is 12.1 Å². The predicted octanol–water partition coefficient (Wildman–Crippen LogP) is 3.05. The van der Waals surface area contributed by atoms with E-state index in [4.69, 9.17) is 21.7 Å². The Morgan fingerprint density at radius 2 is 1.92 bits per heavy atom. The molecule has 0 heterocycles. The zero-order valence-corrected chi connectivity index (χ0v) is 15.2. The van der Waals surface area contributed by atoms with E-state index < -0.39 is 10.8 Å². The molecular formula is C17H17N3O5S. The molecule has 0 saturated heterocycles. The first-order valence-electron chi connectivity index (χ1n) is 7.45. The Morgan fingerprint density at radius 1 is 1.19 bits per heavy atom. The number of nitro benzene ring substituents is 1. The molecule has 0 aliphatic rings. The van der Waals surface area contributed by atoms with Gasteiger partial charge in [-0.05, 0) is 36.8 Å². The number of amides is 1. The van der Waals surface area contributed by atoms with Crippen molar-refractivity contribution in [2.45, 2.75) is 6.92 Å². The molecule has 2 aromatic rings. The van der Waals surface area contributed by atoms with Crippen LogP contribution in [0.1, 0.15) is 15.9 Å². The molecule has 0 aliphatic heterocycles. The third-order valence-corrected chi connectivity index (χ3v) is 3.73. The van der Waals surface area contributed by atoms with Crippen molar-refractivity contribution in [2.24, 2.45) is 0 Å². The van der Waals surface area contributed by atoms with Gasteiger partial charge in [-0.25, -0.2) is 0 Å². The smallest absolute Gasteiger partial charge is 0.271 e. The van der Waals surface area contributed by atoms with Gasteiger partial charge < -0.3 is 14.8 Å². The summed E-state index contributed by atoms with van der Waals surface area (Å²) in [6.07, 6.45) is 0. The number of non-ortho nitro benzene ring substituents is 1. The minimum absolute atomic E-state index is 0.0302. The average Bonchev–Trinajstić information content (AvgIpc) is 2.61. The van der Waals surface area contributed by atoms with Crippen LogP contribution in [0.3, 0.4) is 0 Å². The molecule has 2 rings (SSSR count). The number of para-hydroxylation sites is 1. The van der Waals surface area contributed by atoms with E-state index in [1.54, 1.807) is 12.1 Å². The highest BCUT2D eigenvalue weighted by atomic mass is 32.1. The molecule has 8 nitrogen and oxygen atoms in total. The fourth-order valence-electron chi connectivity index (χ4n) is 2.33. The van der Waals surface area contributed by atoms with E-state index in [9.17, 15) is 14.9 Å². The number of ether oxygens (including phenoxy) is 2. The molecule has 0 aromatic heterocycles. The molecule has 0 unspecified atom stereocenters. The van der Waals surface area contributed by atoms with Crippen LogP contribution in [0, 0.1) is 17.0 Å². The Balaban J connectivity index is 2.19. The third-order valence-electron chi connectivity index (χ3n) is 3.53. The number of nitrogens with zero attached hydrogens (tertiary/aromatic N) is 1. The monoisotopic (exact) mass is 375 g/mol. The Labute approximate surface area is 155 Å². The van der Waals surface area contributed by atoms with Crippen LogP contribution in [0.2, 0.25) is 0 Å². The number of nitro groups is 1. The highest BCUT2D eigenvalue weighted by Crippen LogP contribution is 2.29. The fourth-order valence-corrected chi connectivity index (χ4v) is 2.54. The molecule has 0 spiro atoms. The highest BCUT2D eigenvalue weighted by molar-refractivity contribution is 7.80. The first-order chi connectivity index (χ1) is 12.4. The number of methoxy groups -OCH3 is 2. The van der Waals surface area contributed by atoms with Crippen LogP contribution in [0.25, 0.3) is 0 Å². The zero-order valence-electron chi connectivity index (χ0n) is 14.4. The van der Waals surface area contributed by atoms with Crippen molar-refractivity contribution in [1.82, 2.24) is 5.32 Å². The maximum Gasteiger partial charge on any atom is 0.271 e. The van der Waals surface area contributed by atoms with Crippen LogP contribution in [-0.2, 0) is 0 Å². The predicted molar refractivity (Wildman–Crippen MR) is 101 cm³/mol. The summed E-state index contributed by atoms with van der Waals surface area (Å²) < 4.78 is 10.4. The molecule has 2 aromatic carbocycles. The number of rotatable bonds is 5. The number of nitrogens with one attached hydrogen (secondary N) is 2. The van der Waals surface area contributed by atoms with E-state index in [-0.39, 0.29) is 16.5 Å². The second-order valence-electron chi connectivity index (χ2n) is 5.21. The second kappa shape index (κ2) is 8.26. The SMILES string of the molecule is COc1ccc([N+](=O)[O-])cc1NC(=S)NC(=O)c1cccc(C)c1OC. The van der Waals surface area contributed by atoms with Crippen molar-refractivity contribution in [3.63, 3.8) is 0 Å². The second-order valence-corrected chi connectivity index (χ2v) is 5.61. The van der Waals surface area contributed by atoms with Gasteiger partial charge in [0.15, 0.2) is 5.11 Å². The van der Waals surface area contributed by atoms with E-state index in [0.29, 0.717) is 17.1 Å². The first-order valence-corrected chi connectivity index (χ1v) is 7.86. The lowest BCUT2D eigenvalue weighted by Crippen LogP contribution is -2.34. The Hall–Kier alpha value is -3.20. The van der Waals surface area contributed by atoms with Crippen LogP contribution in [-0.4, -0.2) is 30.2 Å². The molecule has 9 heteroatoms. The molecule has 0 saturated carbocycles. The number of hydrogen-bond donors (Lipinski definition) is 2. The quantitative estimate of drug-likeness (QED) is 0.470. The summed E-state index contributed by atoms with van der Waals surface area (Å²) in [5.41, 5.74) is 1.26. The van der Waals surface area contributed by atoms with Crippen molar-refractivity contribution in [3.05, 3.63) is 57.6 Å². The van der Waals surface area contributed by atoms with E-state index in [1.807, 2.05) is 13.0 Å². The van der Waals surface area contributed by atoms with Crippen molar-refractivity contribution < 1.29 is 19.2 Å². The molecule has 0 fully saturated rings. The maximum atomic E-state index is 12.4. The fraction of sp³-hybridized carbons (Fsp3) is 0.176. The lowest BCUT2D eigenvalue weighted by Gasteiger charge is -2.14. The van der Waals surface area contributed by atoms with Gasteiger partial charge in [-0.2, -0.15) is 0 Å². The number of anilines is 1. The first kappa shape index (κ1) is 19.1. The molecule has 2 N–H and O–H groups in total. The van der Waals surface area contributed by atoms with E-state index >= 15 is 0 Å². The summed E-state index contributed by atoms with van der Waals surface area (Å²) in [5, 5.41) is 16.2. The van der Waals surface area contributed by atoms with Gasteiger partial charge in [0.25, 0.3) is 11.6 Å². The normalized spacial score (nSPS) is 9.96. The van der Waals surface area contributed by atoms with E-state index in [1.165, 1.54) is 32.4 Å². The zero-order chi connectivity index (χ0) is 19.3. The Bertz CT molecular complexity index is 869. The largest absolute Gasteiger partial charge is 0.496 e. The van der Waals surface area contributed by atoms with Gasteiger partial charge in [0.05, 0.1) is 30.4 Å². The summed E-state index contributed by atoms with van der Waals surface area (Å²) >= 11 is 5.13. The highest BCUT2D eigenvalue weighted by Gasteiger charge is 2.17. The minimum Gasteiger partial charge on any atom is -0.496 e. The third kappa shape index (κ3) is 4.25. The van der Waals surface area contributed by atoms with E-state index in [2.05, 4.69) is 10.6 Å². The molecule has 0 aliphatic carbocycles. The molecular weight excluding hydrogens is 358 g/mol. The summed E-state index contributed by atoms with van der Waals surface area (Å²) in [7, 11) is 2.90. The van der Waals surface area contributed by atoms with Crippen molar-refractivity contribution in [3.8, 4) is 11.5 Å². The summed E-state index contributed by atoms with van der Waals surface area (Å²) in [4.78, 5) is 22.8. The van der Waals surface area contributed by atoms with Gasteiger partial charge in [0.2, 0.25) is 0 Å². The van der Waals surface area contributed by atoms with Gasteiger partial charge in [-0.3, -0.25) is 20.2 Å². The van der Waals surface area contributed by atoms with Crippen LogP contribution >= 0.6 is 12.2 Å². The average molecular weight is 375 g/mol. The van der Waals surface area contributed by atoms with E-state index in [0.717, 1.165) is 5.56 Å². The van der Waals surface area contributed by atoms with Gasteiger partial charge in [-0.15, -0.1) is 0 Å².